The zero-order chi connectivity index (χ0) is 24.8. The molecular weight excluding hydrogens is 501 g/mol. The smallest absolute Gasteiger partial charge is 0.297 e. The van der Waals surface area contributed by atoms with E-state index in [0.717, 1.165) is 11.6 Å². The first-order valence-corrected chi connectivity index (χ1v) is 12.7. The first kappa shape index (κ1) is 22.4. The molecule has 6 rings (SSSR count). The second kappa shape index (κ2) is 8.89. The molecule has 3 heterocycles. The third kappa shape index (κ3) is 3.84. The van der Waals surface area contributed by atoms with Crippen LogP contribution in [0.2, 0.25) is 0 Å². The fourth-order valence-electron chi connectivity index (χ4n) is 4.19. The largest absolute Gasteiger partial charge is 0.508 e. The molecular formula is C26H16FN3O4S2. The lowest BCUT2D eigenvalue weighted by molar-refractivity contribution is 0.0970. The third-order valence-corrected chi connectivity index (χ3v) is 7.98. The van der Waals surface area contributed by atoms with Crippen LogP contribution >= 0.6 is 23.1 Å². The normalized spacial score (nSPS) is 15.0. The van der Waals surface area contributed by atoms with Crippen LogP contribution in [0.3, 0.4) is 0 Å². The van der Waals surface area contributed by atoms with Gasteiger partial charge in [-0.15, -0.1) is 10.2 Å². The number of phenols is 1. The minimum Gasteiger partial charge on any atom is -0.508 e. The maximum absolute atomic E-state index is 13.9. The quantitative estimate of drug-likeness (QED) is 0.242. The van der Waals surface area contributed by atoms with Crippen molar-refractivity contribution < 1.29 is 18.7 Å². The van der Waals surface area contributed by atoms with Crippen molar-refractivity contribution >= 4 is 45.1 Å². The van der Waals surface area contributed by atoms with E-state index in [2.05, 4.69) is 10.2 Å². The molecule has 10 heteroatoms. The molecule has 0 spiro atoms. The van der Waals surface area contributed by atoms with E-state index in [0.29, 0.717) is 20.8 Å². The summed E-state index contributed by atoms with van der Waals surface area (Å²) in [6.45, 7) is 0. The Balaban J connectivity index is 1.45. The van der Waals surface area contributed by atoms with Crippen LogP contribution in [0, 0.1) is 5.82 Å². The van der Waals surface area contributed by atoms with Crippen molar-refractivity contribution in [1.29, 1.82) is 0 Å². The van der Waals surface area contributed by atoms with Crippen molar-refractivity contribution in [2.24, 2.45) is 0 Å². The summed E-state index contributed by atoms with van der Waals surface area (Å²) >= 11 is 2.72. The monoisotopic (exact) mass is 517 g/mol. The van der Waals surface area contributed by atoms with Gasteiger partial charge in [-0.05, 0) is 41.5 Å². The Morgan fingerprint density at radius 1 is 1.03 bits per heavy atom. The number of benzene rings is 3. The summed E-state index contributed by atoms with van der Waals surface area (Å²) in [5.74, 6) is -0.519. The molecule has 1 amide bonds. The highest BCUT2D eigenvalue weighted by Crippen LogP contribution is 2.43. The summed E-state index contributed by atoms with van der Waals surface area (Å²) in [6, 6.07) is 18.8. The summed E-state index contributed by atoms with van der Waals surface area (Å²) in [5, 5.41) is 18.6. The maximum atomic E-state index is 13.9. The first-order chi connectivity index (χ1) is 17.5. The van der Waals surface area contributed by atoms with Gasteiger partial charge in [-0.3, -0.25) is 14.5 Å². The van der Waals surface area contributed by atoms with Gasteiger partial charge in [0.25, 0.3) is 5.91 Å². The molecule has 3 aromatic carbocycles. The van der Waals surface area contributed by atoms with E-state index in [-0.39, 0.29) is 28.0 Å². The highest BCUT2D eigenvalue weighted by Gasteiger charge is 2.45. The number of aromatic hydroxyl groups is 1. The van der Waals surface area contributed by atoms with Gasteiger partial charge < -0.3 is 9.52 Å². The Morgan fingerprint density at radius 2 is 1.81 bits per heavy atom. The number of hydrogen-bond acceptors (Lipinski definition) is 8. The molecule has 1 unspecified atom stereocenters. The highest BCUT2D eigenvalue weighted by atomic mass is 32.2. The minimum absolute atomic E-state index is 0.0398. The molecule has 2 aromatic heterocycles. The molecule has 0 saturated heterocycles. The van der Waals surface area contributed by atoms with Gasteiger partial charge in [0.2, 0.25) is 10.9 Å². The molecule has 178 valence electrons. The molecule has 0 bridgehead atoms. The van der Waals surface area contributed by atoms with Crippen LogP contribution in [-0.4, -0.2) is 21.2 Å². The number of fused-ring (bicyclic) bond motifs is 2. The number of anilines is 1. The van der Waals surface area contributed by atoms with Crippen molar-refractivity contribution in [3.63, 3.8) is 0 Å². The number of carbonyl (C=O) groups excluding carboxylic acids is 1. The predicted octanol–water partition coefficient (Wildman–Crippen LogP) is 5.53. The molecule has 1 aliphatic rings. The highest BCUT2D eigenvalue weighted by molar-refractivity contribution is 8.00. The van der Waals surface area contributed by atoms with Crippen molar-refractivity contribution in [2.45, 2.75) is 16.1 Å². The standard InChI is InChI=1S/C26H16FN3O4S2/c27-16-8-11-19-18(12-16)22(32)20-21(15-6-9-17(31)10-7-15)30(24(33)23(20)34-19)25-28-29-26(36-25)35-13-14-4-2-1-3-5-14/h1-12,21,31H,13H2. The Hall–Kier alpha value is -4.02. The average molecular weight is 518 g/mol. The van der Waals surface area contributed by atoms with E-state index in [1.807, 2.05) is 30.3 Å². The number of rotatable bonds is 5. The van der Waals surface area contributed by atoms with Gasteiger partial charge in [0, 0.05) is 5.75 Å². The zero-order valence-electron chi connectivity index (χ0n) is 18.4. The Bertz CT molecular complexity index is 1670. The molecule has 0 aliphatic carbocycles. The molecule has 7 nitrogen and oxygen atoms in total. The van der Waals surface area contributed by atoms with E-state index < -0.39 is 23.2 Å². The minimum atomic E-state index is -0.878. The second-order valence-electron chi connectivity index (χ2n) is 8.11. The number of carbonyl (C=O) groups is 1. The van der Waals surface area contributed by atoms with Crippen LogP contribution in [0.15, 0.2) is 86.3 Å². The lowest BCUT2D eigenvalue weighted by Gasteiger charge is -2.22. The molecule has 36 heavy (non-hydrogen) atoms. The summed E-state index contributed by atoms with van der Waals surface area (Å²) in [4.78, 5) is 28.5. The van der Waals surface area contributed by atoms with Gasteiger partial charge in [-0.1, -0.05) is 65.6 Å². The van der Waals surface area contributed by atoms with E-state index in [9.17, 15) is 19.1 Å². The van der Waals surface area contributed by atoms with Crippen LogP contribution in [0.5, 0.6) is 5.75 Å². The van der Waals surface area contributed by atoms with Gasteiger partial charge >= 0.3 is 0 Å². The van der Waals surface area contributed by atoms with Crippen LogP contribution in [-0.2, 0) is 5.75 Å². The SMILES string of the molecule is O=C1c2oc3ccc(F)cc3c(=O)c2C(c2ccc(O)cc2)N1c1nnc(SCc2ccccc2)s1. The van der Waals surface area contributed by atoms with E-state index in [1.54, 1.807) is 12.1 Å². The van der Waals surface area contributed by atoms with Crippen LogP contribution in [0.1, 0.15) is 33.3 Å². The van der Waals surface area contributed by atoms with Gasteiger partial charge in [-0.2, -0.15) is 0 Å². The average Bonchev–Trinajstić information content (AvgIpc) is 3.47. The molecule has 0 saturated carbocycles. The predicted molar refractivity (Wildman–Crippen MR) is 135 cm³/mol. The fourth-order valence-corrected chi connectivity index (χ4v) is 6.02. The number of aromatic nitrogens is 2. The van der Waals surface area contributed by atoms with Crippen molar-refractivity contribution in [2.75, 3.05) is 4.90 Å². The summed E-state index contributed by atoms with van der Waals surface area (Å²) in [7, 11) is 0. The van der Waals surface area contributed by atoms with E-state index in [1.165, 1.54) is 52.3 Å². The molecule has 1 atom stereocenters. The summed E-state index contributed by atoms with van der Waals surface area (Å²) in [5.41, 5.74) is 1.41. The number of thioether (sulfide) groups is 1. The molecule has 0 fully saturated rings. The van der Waals surface area contributed by atoms with Crippen LogP contribution < -0.4 is 10.3 Å². The number of halogens is 1. The van der Waals surface area contributed by atoms with Gasteiger partial charge in [0.05, 0.1) is 17.0 Å². The van der Waals surface area contributed by atoms with E-state index in [4.69, 9.17) is 4.42 Å². The van der Waals surface area contributed by atoms with Crippen LogP contribution in [0.4, 0.5) is 9.52 Å². The Labute approximate surface area is 211 Å². The summed E-state index contributed by atoms with van der Waals surface area (Å²) < 4.78 is 20.4. The molecule has 5 aromatic rings. The van der Waals surface area contributed by atoms with Crippen molar-refractivity contribution in [3.8, 4) is 5.75 Å². The number of phenolic OH excluding ortho intramolecular Hbond substituents is 1. The molecule has 0 radical (unpaired) electrons. The molecule has 1 N–H and O–H groups in total. The zero-order valence-corrected chi connectivity index (χ0v) is 20.1. The number of nitrogens with zero attached hydrogens (tertiary/aromatic N) is 3. The maximum Gasteiger partial charge on any atom is 0.297 e. The fraction of sp³-hybridized carbons (Fsp3) is 0.0769. The van der Waals surface area contributed by atoms with E-state index >= 15 is 0 Å². The first-order valence-electron chi connectivity index (χ1n) is 10.9. The Kier molecular flexibility index (Phi) is 5.54. The number of amides is 1. The van der Waals surface area contributed by atoms with Crippen LogP contribution in [0.25, 0.3) is 11.0 Å². The van der Waals surface area contributed by atoms with Crippen molar-refractivity contribution in [1.82, 2.24) is 10.2 Å². The van der Waals surface area contributed by atoms with Gasteiger partial charge in [-0.25, -0.2) is 4.39 Å². The molecule has 1 aliphatic heterocycles. The topological polar surface area (TPSA) is 96.5 Å². The van der Waals surface area contributed by atoms with Gasteiger partial charge in [0.1, 0.15) is 17.1 Å². The van der Waals surface area contributed by atoms with Gasteiger partial charge in [0.15, 0.2) is 9.77 Å². The number of hydrogen-bond donors (Lipinski definition) is 1. The second-order valence-corrected chi connectivity index (χ2v) is 10.3. The third-order valence-electron chi connectivity index (χ3n) is 5.85. The van der Waals surface area contributed by atoms with Crippen molar-refractivity contribution in [3.05, 3.63) is 111 Å². The lowest BCUT2D eigenvalue weighted by atomic mass is 9.98. The lowest BCUT2D eigenvalue weighted by Crippen LogP contribution is -2.29. The summed E-state index contributed by atoms with van der Waals surface area (Å²) in [6.07, 6.45) is 0. The Morgan fingerprint density at radius 3 is 2.58 bits per heavy atom.